The number of halogens is 5. The second kappa shape index (κ2) is 10.8. The van der Waals surface area contributed by atoms with Crippen molar-refractivity contribution in [3.63, 3.8) is 0 Å². The standard InChI is InChI=1S/C17H16Br2N2O2.C2HF3O2/c18-13-8-12(9-14(19)10-13)17(22)21-6-3-15(4-7-21)23-16-2-1-5-20-11-16;3-2(4,5)1(6)7/h1-2,5,8-11,15H,3-4,6-7H2;(H,6,7). The molecule has 1 fully saturated rings. The fraction of sp³-hybridized carbons (Fsp3) is 0.316. The molecule has 0 bridgehead atoms. The molecule has 3 rings (SSSR count). The Hall–Kier alpha value is -2.14. The Balaban J connectivity index is 0.000000396. The van der Waals surface area contributed by atoms with Crippen LogP contribution in [0.2, 0.25) is 0 Å². The van der Waals surface area contributed by atoms with Crippen LogP contribution in [-0.4, -0.2) is 52.2 Å². The highest BCUT2D eigenvalue weighted by Crippen LogP contribution is 2.23. The maximum atomic E-state index is 12.6. The number of rotatable bonds is 3. The lowest BCUT2D eigenvalue weighted by Gasteiger charge is -2.32. The minimum Gasteiger partial charge on any atom is -0.489 e. The van der Waals surface area contributed by atoms with Crippen molar-refractivity contribution in [2.24, 2.45) is 0 Å². The van der Waals surface area contributed by atoms with E-state index < -0.39 is 12.1 Å². The topological polar surface area (TPSA) is 79.7 Å². The highest BCUT2D eigenvalue weighted by atomic mass is 79.9. The van der Waals surface area contributed by atoms with Crippen LogP contribution in [0, 0.1) is 0 Å². The van der Waals surface area contributed by atoms with Crippen molar-refractivity contribution >= 4 is 43.7 Å². The molecule has 11 heteroatoms. The number of aliphatic carboxylic acids is 1. The molecule has 1 amide bonds. The van der Waals surface area contributed by atoms with E-state index in [1.807, 2.05) is 35.2 Å². The van der Waals surface area contributed by atoms with Gasteiger partial charge < -0.3 is 14.7 Å². The largest absolute Gasteiger partial charge is 0.490 e. The van der Waals surface area contributed by atoms with Crippen molar-refractivity contribution in [3.05, 3.63) is 57.2 Å². The fourth-order valence-electron chi connectivity index (χ4n) is 2.65. The summed E-state index contributed by atoms with van der Waals surface area (Å²) in [5, 5.41) is 7.12. The van der Waals surface area contributed by atoms with E-state index in [0.717, 1.165) is 27.5 Å². The zero-order valence-electron chi connectivity index (χ0n) is 15.4. The van der Waals surface area contributed by atoms with E-state index in [4.69, 9.17) is 14.6 Å². The zero-order valence-corrected chi connectivity index (χ0v) is 18.6. The number of hydrogen-bond donors (Lipinski definition) is 1. The van der Waals surface area contributed by atoms with Crippen LogP contribution in [0.25, 0.3) is 0 Å². The van der Waals surface area contributed by atoms with Gasteiger partial charge in [-0.15, -0.1) is 0 Å². The highest BCUT2D eigenvalue weighted by Gasteiger charge is 2.38. The van der Waals surface area contributed by atoms with Gasteiger partial charge >= 0.3 is 12.1 Å². The quantitative estimate of drug-likeness (QED) is 0.583. The molecule has 0 atom stereocenters. The van der Waals surface area contributed by atoms with Gasteiger partial charge in [-0.1, -0.05) is 31.9 Å². The molecule has 0 unspecified atom stereocenters. The number of hydrogen-bond acceptors (Lipinski definition) is 4. The Kier molecular flexibility index (Phi) is 8.65. The molecule has 1 aliphatic rings. The predicted molar refractivity (Wildman–Crippen MR) is 109 cm³/mol. The molecule has 0 saturated carbocycles. The molecule has 30 heavy (non-hydrogen) atoms. The van der Waals surface area contributed by atoms with Gasteiger partial charge in [0, 0.05) is 46.6 Å². The van der Waals surface area contributed by atoms with Crippen molar-refractivity contribution in [2.75, 3.05) is 13.1 Å². The molecule has 0 radical (unpaired) electrons. The summed E-state index contributed by atoms with van der Waals surface area (Å²) >= 11 is 6.85. The maximum Gasteiger partial charge on any atom is 0.490 e. The number of likely N-dealkylation sites (tertiary alicyclic amines) is 1. The maximum absolute atomic E-state index is 12.6. The molecule has 0 spiro atoms. The van der Waals surface area contributed by atoms with E-state index in [1.165, 1.54) is 0 Å². The Morgan fingerprint density at radius 1 is 1.13 bits per heavy atom. The van der Waals surface area contributed by atoms with Crippen molar-refractivity contribution in [2.45, 2.75) is 25.1 Å². The number of nitrogens with zero attached hydrogens (tertiary/aromatic N) is 2. The summed E-state index contributed by atoms with van der Waals surface area (Å²) < 4.78 is 39.4. The normalized spacial score (nSPS) is 14.5. The predicted octanol–water partition coefficient (Wildman–Crippen LogP) is 4.92. The monoisotopic (exact) mass is 552 g/mol. The van der Waals surface area contributed by atoms with Crippen LogP contribution in [0.1, 0.15) is 23.2 Å². The second-order valence-electron chi connectivity index (χ2n) is 6.26. The molecule has 162 valence electrons. The molecule has 2 aromatic rings. The first-order valence-corrected chi connectivity index (χ1v) is 10.3. The van der Waals surface area contributed by atoms with Crippen LogP contribution >= 0.6 is 31.9 Å². The van der Waals surface area contributed by atoms with Crippen LogP contribution < -0.4 is 4.74 Å². The molecular weight excluding hydrogens is 537 g/mol. The number of carbonyl (C=O) groups is 2. The third-order valence-electron chi connectivity index (χ3n) is 4.02. The summed E-state index contributed by atoms with van der Waals surface area (Å²) in [5.74, 6) is -1.91. The van der Waals surface area contributed by atoms with Crippen LogP contribution in [0.4, 0.5) is 13.2 Å². The van der Waals surface area contributed by atoms with Crippen molar-refractivity contribution in [1.29, 1.82) is 0 Å². The first kappa shape index (κ1) is 24.1. The average molecular weight is 554 g/mol. The van der Waals surface area contributed by atoms with E-state index in [1.54, 1.807) is 12.4 Å². The summed E-state index contributed by atoms with van der Waals surface area (Å²) in [6.07, 6.45) is 0.157. The number of ether oxygens (including phenoxy) is 1. The summed E-state index contributed by atoms with van der Waals surface area (Å²) in [6.45, 7) is 1.40. The van der Waals surface area contributed by atoms with Gasteiger partial charge in [0.25, 0.3) is 5.91 Å². The minimum atomic E-state index is -5.08. The van der Waals surface area contributed by atoms with Gasteiger partial charge in [-0.05, 0) is 30.3 Å². The number of carbonyl (C=O) groups excluding carboxylic acids is 1. The van der Waals surface area contributed by atoms with E-state index in [0.29, 0.717) is 18.7 Å². The fourth-order valence-corrected chi connectivity index (χ4v) is 3.94. The van der Waals surface area contributed by atoms with Gasteiger partial charge in [-0.25, -0.2) is 4.79 Å². The van der Waals surface area contributed by atoms with Gasteiger partial charge in [0.15, 0.2) is 0 Å². The highest BCUT2D eigenvalue weighted by molar-refractivity contribution is 9.11. The molecule has 1 aliphatic heterocycles. The smallest absolute Gasteiger partial charge is 0.489 e. The van der Waals surface area contributed by atoms with E-state index in [9.17, 15) is 18.0 Å². The van der Waals surface area contributed by atoms with E-state index in [-0.39, 0.29) is 12.0 Å². The van der Waals surface area contributed by atoms with Gasteiger partial charge in [0.1, 0.15) is 11.9 Å². The van der Waals surface area contributed by atoms with Crippen molar-refractivity contribution in [3.8, 4) is 5.75 Å². The molecule has 0 aliphatic carbocycles. The van der Waals surface area contributed by atoms with E-state index >= 15 is 0 Å². The van der Waals surface area contributed by atoms with Gasteiger partial charge in [0.05, 0.1) is 6.20 Å². The summed E-state index contributed by atoms with van der Waals surface area (Å²) in [5.41, 5.74) is 0.692. The number of aromatic nitrogens is 1. The molecule has 1 saturated heterocycles. The van der Waals surface area contributed by atoms with Crippen LogP contribution in [-0.2, 0) is 4.79 Å². The Labute approximate surface area is 187 Å². The molecule has 1 aromatic heterocycles. The molecule has 1 aromatic carbocycles. The van der Waals surface area contributed by atoms with Crippen molar-refractivity contribution in [1.82, 2.24) is 9.88 Å². The summed E-state index contributed by atoms with van der Waals surface area (Å²) in [4.78, 5) is 27.4. The van der Waals surface area contributed by atoms with E-state index in [2.05, 4.69) is 36.8 Å². The summed E-state index contributed by atoms with van der Waals surface area (Å²) in [7, 11) is 0. The Bertz CT molecular complexity index is 854. The lowest BCUT2D eigenvalue weighted by Crippen LogP contribution is -2.41. The third kappa shape index (κ3) is 7.60. The number of amides is 1. The second-order valence-corrected chi connectivity index (χ2v) is 8.09. The minimum absolute atomic E-state index is 0.0619. The first-order chi connectivity index (χ1) is 14.1. The molecule has 2 heterocycles. The third-order valence-corrected chi connectivity index (χ3v) is 4.93. The van der Waals surface area contributed by atoms with Gasteiger partial charge in [0.2, 0.25) is 0 Å². The first-order valence-electron chi connectivity index (χ1n) is 8.68. The number of carboxylic acids is 1. The van der Waals surface area contributed by atoms with Crippen LogP contribution in [0.5, 0.6) is 5.75 Å². The van der Waals surface area contributed by atoms with Gasteiger partial charge in [-0.2, -0.15) is 13.2 Å². The number of carboxylic acid groups (broad SMARTS) is 1. The van der Waals surface area contributed by atoms with Crippen LogP contribution in [0.15, 0.2) is 51.7 Å². The molecular formula is C19H17Br2F3N2O4. The van der Waals surface area contributed by atoms with Gasteiger partial charge in [-0.3, -0.25) is 9.78 Å². The van der Waals surface area contributed by atoms with Crippen molar-refractivity contribution < 1.29 is 32.6 Å². The number of piperidine rings is 1. The summed E-state index contributed by atoms with van der Waals surface area (Å²) in [6, 6.07) is 9.39. The van der Waals surface area contributed by atoms with Crippen LogP contribution in [0.3, 0.4) is 0 Å². The lowest BCUT2D eigenvalue weighted by atomic mass is 10.1. The number of benzene rings is 1. The molecule has 1 N–H and O–H groups in total. The number of alkyl halides is 3. The average Bonchev–Trinajstić information content (AvgIpc) is 2.68. The SMILES string of the molecule is O=C(O)C(F)(F)F.O=C(c1cc(Br)cc(Br)c1)N1CCC(Oc2cccnc2)CC1. The Morgan fingerprint density at radius 2 is 1.70 bits per heavy atom. The zero-order chi connectivity index (χ0) is 22.3. The Morgan fingerprint density at radius 3 is 2.17 bits per heavy atom. The number of pyridine rings is 1. The lowest BCUT2D eigenvalue weighted by molar-refractivity contribution is -0.192. The molecule has 6 nitrogen and oxygen atoms in total.